The number of rotatable bonds is 2. The molecule has 0 amide bonds. The maximum Gasteiger partial charge on any atom is 0.193 e. The number of hydrogen-bond donors (Lipinski definition) is 1. The van der Waals surface area contributed by atoms with Gasteiger partial charge in [-0.25, -0.2) is 0 Å². The van der Waals surface area contributed by atoms with Gasteiger partial charge in [0.2, 0.25) is 0 Å². The molecular weight excluding hydrogens is 363 g/mol. The Morgan fingerprint density at radius 1 is 1.20 bits per heavy atom. The van der Waals surface area contributed by atoms with Crippen LogP contribution in [0.5, 0.6) is 0 Å². The molecule has 2 aliphatic heterocycles. The van der Waals surface area contributed by atoms with E-state index in [0.29, 0.717) is 0 Å². The highest BCUT2D eigenvalue weighted by atomic mass is 127. The highest BCUT2D eigenvalue weighted by molar-refractivity contribution is 14.0. The summed E-state index contributed by atoms with van der Waals surface area (Å²) in [5.41, 5.74) is 0. The van der Waals surface area contributed by atoms with Crippen molar-refractivity contribution in [2.24, 2.45) is 22.7 Å². The molecule has 0 radical (unpaired) electrons. The molecule has 2 aliphatic rings. The Balaban J connectivity index is 0.00000200. The Morgan fingerprint density at radius 2 is 1.85 bits per heavy atom. The van der Waals surface area contributed by atoms with Gasteiger partial charge in [-0.1, -0.05) is 13.8 Å². The van der Waals surface area contributed by atoms with Crippen LogP contribution >= 0.6 is 24.0 Å². The molecule has 3 atom stereocenters. The van der Waals surface area contributed by atoms with E-state index >= 15 is 0 Å². The molecule has 0 spiro atoms. The molecule has 1 N–H and O–H groups in total. The Morgan fingerprint density at radius 3 is 2.35 bits per heavy atom. The van der Waals surface area contributed by atoms with Crippen molar-refractivity contribution in [1.29, 1.82) is 0 Å². The fourth-order valence-corrected chi connectivity index (χ4v) is 3.60. The molecule has 2 saturated heterocycles. The lowest BCUT2D eigenvalue weighted by atomic mass is 9.92. The summed E-state index contributed by atoms with van der Waals surface area (Å²) in [6.45, 7) is 10.5. The molecule has 2 fully saturated rings. The minimum atomic E-state index is 0. The number of aliphatic imine (C=N–C) groups is 1. The van der Waals surface area contributed by atoms with E-state index in [9.17, 15) is 0 Å². The molecule has 0 aromatic heterocycles. The Kier molecular flexibility index (Phi) is 7.58. The Bertz CT molecular complexity index is 311. The molecule has 4 nitrogen and oxygen atoms in total. The average molecular weight is 394 g/mol. The SMILES string of the molecule is CN=C(NCC1CCN(C)C1)N1CC(C)CC(C)C1.I. The van der Waals surface area contributed by atoms with Crippen LogP contribution in [0.2, 0.25) is 0 Å². The number of piperidine rings is 1. The maximum absolute atomic E-state index is 4.48. The van der Waals surface area contributed by atoms with E-state index in [1.807, 2.05) is 7.05 Å². The van der Waals surface area contributed by atoms with E-state index in [-0.39, 0.29) is 24.0 Å². The summed E-state index contributed by atoms with van der Waals surface area (Å²) in [5, 5.41) is 3.59. The van der Waals surface area contributed by atoms with Gasteiger partial charge in [-0.2, -0.15) is 0 Å². The molecule has 5 heteroatoms. The lowest BCUT2D eigenvalue weighted by molar-refractivity contribution is 0.208. The van der Waals surface area contributed by atoms with Gasteiger partial charge in [0.05, 0.1) is 0 Å². The second-order valence-electron chi connectivity index (χ2n) is 6.70. The van der Waals surface area contributed by atoms with E-state index in [1.54, 1.807) is 0 Å². The lowest BCUT2D eigenvalue weighted by Gasteiger charge is -2.37. The van der Waals surface area contributed by atoms with Crippen molar-refractivity contribution >= 4 is 29.9 Å². The van der Waals surface area contributed by atoms with Crippen molar-refractivity contribution in [3.8, 4) is 0 Å². The van der Waals surface area contributed by atoms with Crippen molar-refractivity contribution in [3.63, 3.8) is 0 Å². The largest absolute Gasteiger partial charge is 0.356 e. The van der Waals surface area contributed by atoms with Crippen LogP contribution in [0.4, 0.5) is 0 Å². The third-order valence-corrected chi connectivity index (χ3v) is 4.42. The van der Waals surface area contributed by atoms with Gasteiger partial charge in [-0.3, -0.25) is 4.99 Å². The first-order valence-corrected chi connectivity index (χ1v) is 7.72. The summed E-state index contributed by atoms with van der Waals surface area (Å²) in [4.78, 5) is 9.34. The third kappa shape index (κ3) is 5.06. The van der Waals surface area contributed by atoms with Crippen LogP contribution in [0.15, 0.2) is 4.99 Å². The van der Waals surface area contributed by atoms with Crippen LogP contribution in [-0.2, 0) is 0 Å². The zero-order valence-corrected chi connectivity index (χ0v) is 15.8. The van der Waals surface area contributed by atoms with Crippen LogP contribution in [-0.4, -0.2) is 62.6 Å². The lowest BCUT2D eigenvalue weighted by Crippen LogP contribution is -2.49. The summed E-state index contributed by atoms with van der Waals surface area (Å²) >= 11 is 0. The molecule has 20 heavy (non-hydrogen) atoms. The molecule has 0 aromatic carbocycles. The summed E-state index contributed by atoms with van der Waals surface area (Å²) in [7, 11) is 4.12. The first-order chi connectivity index (χ1) is 9.08. The van der Waals surface area contributed by atoms with E-state index in [4.69, 9.17) is 0 Å². The number of nitrogens with one attached hydrogen (secondary N) is 1. The monoisotopic (exact) mass is 394 g/mol. The molecular formula is C15H31IN4. The van der Waals surface area contributed by atoms with Crippen molar-refractivity contribution < 1.29 is 0 Å². The highest BCUT2D eigenvalue weighted by Crippen LogP contribution is 2.21. The van der Waals surface area contributed by atoms with Crippen molar-refractivity contribution in [2.45, 2.75) is 26.7 Å². The Labute approximate surface area is 141 Å². The zero-order valence-electron chi connectivity index (χ0n) is 13.4. The minimum Gasteiger partial charge on any atom is -0.356 e. The predicted octanol–water partition coefficient (Wildman–Crippen LogP) is 2.11. The molecule has 118 valence electrons. The van der Waals surface area contributed by atoms with E-state index < -0.39 is 0 Å². The van der Waals surface area contributed by atoms with Crippen LogP contribution in [0.3, 0.4) is 0 Å². The van der Waals surface area contributed by atoms with Gasteiger partial charge < -0.3 is 15.1 Å². The molecule has 2 rings (SSSR count). The average Bonchev–Trinajstić information content (AvgIpc) is 2.75. The topological polar surface area (TPSA) is 30.9 Å². The normalized spacial score (nSPS) is 32.1. The van der Waals surface area contributed by atoms with E-state index in [0.717, 1.165) is 43.3 Å². The zero-order chi connectivity index (χ0) is 13.8. The van der Waals surface area contributed by atoms with Gasteiger partial charge in [-0.15, -0.1) is 24.0 Å². The number of guanidine groups is 1. The van der Waals surface area contributed by atoms with Crippen molar-refractivity contribution in [3.05, 3.63) is 0 Å². The van der Waals surface area contributed by atoms with Crippen LogP contribution in [0, 0.1) is 17.8 Å². The van der Waals surface area contributed by atoms with Crippen LogP contribution in [0.1, 0.15) is 26.7 Å². The van der Waals surface area contributed by atoms with Gasteiger partial charge in [0.15, 0.2) is 5.96 Å². The van der Waals surface area contributed by atoms with Crippen molar-refractivity contribution in [2.75, 3.05) is 46.8 Å². The maximum atomic E-state index is 4.48. The fraction of sp³-hybridized carbons (Fsp3) is 0.933. The second kappa shape index (κ2) is 8.41. The summed E-state index contributed by atoms with van der Waals surface area (Å²) in [5.74, 6) is 3.44. The number of hydrogen-bond acceptors (Lipinski definition) is 2. The van der Waals surface area contributed by atoms with Gasteiger partial charge in [0.25, 0.3) is 0 Å². The van der Waals surface area contributed by atoms with Crippen LogP contribution < -0.4 is 5.32 Å². The van der Waals surface area contributed by atoms with Crippen LogP contribution in [0.25, 0.3) is 0 Å². The van der Waals surface area contributed by atoms with Gasteiger partial charge >= 0.3 is 0 Å². The quantitative estimate of drug-likeness (QED) is 0.442. The summed E-state index contributed by atoms with van der Waals surface area (Å²) in [6.07, 6.45) is 2.66. The van der Waals surface area contributed by atoms with E-state index in [2.05, 4.69) is 41.0 Å². The first-order valence-electron chi connectivity index (χ1n) is 7.72. The third-order valence-electron chi connectivity index (χ3n) is 4.42. The number of nitrogens with zero attached hydrogens (tertiary/aromatic N) is 3. The standard InChI is InChI=1S/C15H30N4.HI/c1-12-7-13(2)10-19(9-12)15(16-3)17-8-14-5-6-18(4)11-14;/h12-14H,5-11H2,1-4H3,(H,16,17);1H. The Hall–Kier alpha value is -0.0400. The van der Waals surface area contributed by atoms with Gasteiger partial charge in [-0.05, 0) is 44.2 Å². The molecule has 0 bridgehead atoms. The molecule has 0 aromatic rings. The molecule has 0 aliphatic carbocycles. The number of likely N-dealkylation sites (tertiary alicyclic amines) is 2. The smallest absolute Gasteiger partial charge is 0.193 e. The van der Waals surface area contributed by atoms with E-state index in [1.165, 1.54) is 25.9 Å². The second-order valence-corrected chi connectivity index (χ2v) is 6.70. The summed E-state index contributed by atoms with van der Waals surface area (Å²) < 4.78 is 0. The fourth-order valence-electron chi connectivity index (χ4n) is 3.60. The van der Waals surface area contributed by atoms with Gasteiger partial charge in [0.1, 0.15) is 0 Å². The van der Waals surface area contributed by atoms with Crippen molar-refractivity contribution in [1.82, 2.24) is 15.1 Å². The molecule has 2 heterocycles. The first kappa shape index (κ1) is 18.0. The molecule has 3 unspecified atom stereocenters. The number of halogens is 1. The summed E-state index contributed by atoms with van der Waals surface area (Å²) in [6, 6.07) is 0. The predicted molar refractivity (Wildman–Crippen MR) is 96.9 cm³/mol. The molecule has 0 saturated carbocycles. The van der Waals surface area contributed by atoms with Gasteiger partial charge in [0, 0.05) is 33.2 Å². The highest BCUT2D eigenvalue weighted by Gasteiger charge is 2.25. The minimum absolute atomic E-state index is 0.